The summed E-state index contributed by atoms with van der Waals surface area (Å²) in [6, 6.07) is 7.95. The average molecular weight is 272 g/mol. The number of likely N-dealkylation sites (tertiary alicyclic amines) is 1. The molecule has 20 heavy (non-hydrogen) atoms. The first kappa shape index (κ1) is 12.7. The molecular weight excluding hydrogens is 248 g/mol. The van der Waals surface area contributed by atoms with Crippen LogP contribution in [0.2, 0.25) is 0 Å². The molecule has 1 saturated carbocycles. The van der Waals surface area contributed by atoms with Gasteiger partial charge in [0.1, 0.15) is 5.75 Å². The van der Waals surface area contributed by atoms with Gasteiger partial charge in [-0.25, -0.2) is 0 Å². The molecule has 2 N–H and O–H groups in total. The summed E-state index contributed by atoms with van der Waals surface area (Å²) in [5, 5.41) is 13.5. The standard InChI is InChI=1S/C17H24N2O/c20-15-6-7-16-12(10-15)2-1-3-17(16)18-13-8-9-19(11-13)14-4-5-14/h6-7,10,13-14,17-18,20H,1-5,8-9,11H2. The number of aromatic hydroxyl groups is 1. The molecule has 0 bridgehead atoms. The van der Waals surface area contributed by atoms with E-state index < -0.39 is 0 Å². The Hall–Kier alpha value is -1.06. The van der Waals surface area contributed by atoms with E-state index in [1.54, 1.807) is 0 Å². The summed E-state index contributed by atoms with van der Waals surface area (Å²) in [4.78, 5) is 2.66. The molecule has 3 heteroatoms. The van der Waals surface area contributed by atoms with E-state index in [1.807, 2.05) is 12.1 Å². The van der Waals surface area contributed by atoms with Crippen molar-refractivity contribution >= 4 is 0 Å². The zero-order chi connectivity index (χ0) is 13.5. The smallest absolute Gasteiger partial charge is 0.115 e. The van der Waals surface area contributed by atoms with Gasteiger partial charge in [0.05, 0.1) is 0 Å². The maximum absolute atomic E-state index is 9.63. The van der Waals surface area contributed by atoms with Crippen LogP contribution in [0.3, 0.4) is 0 Å². The van der Waals surface area contributed by atoms with E-state index >= 15 is 0 Å². The van der Waals surface area contributed by atoms with Crippen molar-refractivity contribution in [2.45, 2.75) is 56.7 Å². The number of phenolic OH excluding ortho intramolecular Hbond substituents is 1. The number of benzene rings is 1. The second-order valence-electron chi connectivity index (χ2n) is 6.71. The van der Waals surface area contributed by atoms with E-state index in [0.29, 0.717) is 17.8 Å². The van der Waals surface area contributed by atoms with E-state index in [1.165, 1.54) is 56.3 Å². The van der Waals surface area contributed by atoms with Gasteiger partial charge in [-0.05, 0) is 61.8 Å². The van der Waals surface area contributed by atoms with Crippen LogP contribution in [0.5, 0.6) is 5.75 Å². The molecule has 0 radical (unpaired) electrons. The minimum Gasteiger partial charge on any atom is -0.508 e. The number of fused-ring (bicyclic) bond motifs is 1. The number of nitrogens with zero attached hydrogens (tertiary/aromatic N) is 1. The van der Waals surface area contributed by atoms with Gasteiger partial charge in [0.25, 0.3) is 0 Å². The van der Waals surface area contributed by atoms with E-state index in [4.69, 9.17) is 0 Å². The Labute approximate surface area is 121 Å². The van der Waals surface area contributed by atoms with Crippen LogP contribution in [0.25, 0.3) is 0 Å². The van der Waals surface area contributed by atoms with Crippen molar-refractivity contribution in [1.29, 1.82) is 0 Å². The van der Waals surface area contributed by atoms with E-state index in [9.17, 15) is 5.11 Å². The van der Waals surface area contributed by atoms with Gasteiger partial charge in [-0.2, -0.15) is 0 Å². The van der Waals surface area contributed by atoms with Gasteiger partial charge in [0.2, 0.25) is 0 Å². The van der Waals surface area contributed by atoms with Crippen molar-refractivity contribution in [2.75, 3.05) is 13.1 Å². The number of hydrogen-bond acceptors (Lipinski definition) is 3. The third-order valence-electron chi connectivity index (χ3n) is 5.16. The molecule has 2 aliphatic carbocycles. The monoisotopic (exact) mass is 272 g/mol. The quantitative estimate of drug-likeness (QED) is 0.888. The van der Waals surface area contributed by atoms with Crippen LogP contribution in [0.1, 0.15) is 49.3 Å². The molecule has 0 spiro atoms. The second-order valence-corrected chi connectivity index (χ2v) is 6.71. The van der Waals surface area contributed by atoms with Crippen molar-refractivity contribution < 1.29 is 5.11 Å². The van der Waals surface area contributed by atoms with Crippen LogP contribution in [0.4, 0.5) is 0 Å². The van der Waals surface area contributed by atoms with Crippen molar-refractivity contribution in [3.05, 3.63) is 29.3 Å². The lowest BCUT2D eigenvalue weighted by molar-refractivity contribution is 0.308. The first-order valence-corrected chi connectivity index (χ1v) is 8.11. The van der Waals surface area contributed by atoms with Gasteiger partial charge in [0, 0.05) is 31.2 Å². The van der Waals surface area contributed by atoms with E-state index in [2.05, 4.69) is 16.3 Å². The largest absolute Gasteiger partial charge is 0.508 e. The fraction of sp³-hybridized carbons (Fsp3) is 0.647. The molecule has 108 valence electrons. The molecule has 3 nitrogen and oxygen atoms in total. The maximum Gasteiger partial charge on any atom is 0.115 e. The topological polar surface area (TPSA) is 35.5 Å². The highest BCUT2D eigenvalue weighted by Gasteiger charge is 2.35. The summed E-state index contributed by atoms with van der Waals surface area (Å²) < 4.78 is 0. The third kappa shape index (κ3) is 2.45. The average Bonchev–Trinajstić information content (AvgIpc) is 3.19. The number of hydrogen-bond donors (Lipinski definition) is 2. The first-order valence-electron chi connectivity index (χ1n) is 8.11. The number of rotatable bonds is 3. The Kier molecular flexibility index (Phi) is 3.20. The lowest BCUT2D eigenvalue weighted by Gasteiger charge is -2.29. The molecule has 1 aliphatic heterocycles. The highest BCUT2D eigenvalue weighted by molar-refractivity contribution is 5.38. The van der Waals surface area contributed by atoms with Gasteiger partial charge in [-0.1, -0.05) is 6.07 Å². The van der Waals surface area contributed by atoms with Crippen LogP contribution >= 0.6 is 0 Å². The van der Waals surface area contributed by atoms with Crippen molar-refractivity contribution in [2.24, 2.45) is 0 Å². The van der Waals surface area contributed by atoms with Crippen LogP contribution in [-0.2, 0) is 6.42 Å². The highest BCUT2D eigenvalue weighted by Crippen LogP contribution is 2.34. The van der Waals surface area contributed by atoms with Crippen molar-refractivity contribution in [3.63, 3.8) is 0 Å². The molecule has 1 heterocycles. The Morgan fingerprint density at radius 1 is 1.15 bits per heavy atom. The summed E-state index contributed by atoms with van der Waals surface area (Å²) in [6.07, 6.45) is 7.70. The third-order valence-corrected chi connectivity index (χ3v) is 5.16. The second kappa shape index (κ2) is 5.05. The molecule has 0 amide bonds. The number of aryl methyl sites for hydroxylation is 1. The van der Waals surface area contributed by atoms with Gasteiger partial charge in [-0.15, -0.1) is 0 Å². The van der Waals surface area contributed by atoms with Crippen LogP contribution in [0.15, 0.2) is 18.2 Å². The lowest BCUT2D eigenvalue weighted by Crippen LogP contribution is -2.37. The molecule has 1 aromatic rings. The SMILES string of the molecule is Oc1ccc2c(c1)CCCC2NC1CCN(C2CC2)C1. The predicted molar refractivity (Wildman–Crippen MR) is 79.9 cm³/mol. The predicted octanol–water partition coefficient (Wildman–Crippen LogP) is 2.60. The van der Waals surface area contributed by atoms with Crippen molar-refractivity contribution in [1.82, 2.24) is 10.2 Å². The van der Waals surface area contributed by atoms with Gasteiger partial charge < -0.3 is 10.4 Å². The number of phenols is 1. The molecule has 1 aromatic carbocycles. The molecule has 2 atom stereocenters. The fourth-order valence-electron chi connectivity index (χ4n) is 3.95. The Morgan fingerprint density at radius 3 is 2.90 bits per heavy atom. The maximum atomic E-state index is 9.63. The van der Waals surface area contributed by atoms with Crippen LogP contribution in [-0.4, -0.2) is 35.2 Å². The Bertz CT molecular complexity index is 498. The molecule has 2 fully saturated rings. The normalized spacial score (nSPS) is 30.4. The molecular formula is C17H24N2O. The van der Waals surface area contributed by atoms with Gasteiger partial charge >= 0.3 is 0 Å². The van der Waals surface area contributed by atoms with Crippen molar-refractivity contribution in [3.8, 4) is 5.75 Å². The molecule has 0 aromatic heterocycles. The van der Waals surface area contributed by atoms with Gasteiger partial charge in [0.15, 0.2) is 0 Å². The molecule has 4 rings (SSSR count). The summed E-state index contributed by atoms with van der Waals surface area (Å²) in [7, 11) is 0. The fourth-order valence-corrected chi connectivity index (χ4v) is 3.95. The first-order chi connectivity index (χ1) is 9.79. The Morgan fingerprint density at radius 2 is 2.05 bits per heavy atom. The molecule has 2 unspecified atom stereocenters. The minimum absolute atomic E-state index is 0.408. The highest BCUT2D eigenvalue weighted by atomic mass is 16.3. The number of nitrogens with one attached hydrogen (secondary N) is 1. The summed E-state index contributed by atoms with van der Waals surface area (Å²) in [5.41, 5.74) is 2.75. The summed E-state index contributed by atoms with van der Waals surface area (Å²) in [5.74, 6) is 0.408. The van der Waals surface area contributed by atoms with E-state index in [0.717, 1.165) is 12.5 Å². The summed E-state index contributed by atoms with van der Waals surface area (Å²) >= 11 is 0. The Balaban J connectivity index is 1.45. The minimum atomic E-state index is 0.408. The van der Waals surface area contributed by atoms with Crippen LogP contribution < -0.4 is 5.32 Å². The zero-order valence-electron chi connectivity index (χ0n) is 12.0. The zero-order valence-corrected chi connectivity index (χ0v) is 12.0. The molecule has 1 saturated heterocycles. The lowest BCUT2D eigenvalue weighted by atomic mass is 9.87. The van der Waals surface area contributed by atoms with Crippen LogP contribution in [0, 0.1) is 0 Å². The summed E-state index contributed by atoms with van der Waals surface area (Å²) in [6.45, 7) is 2.51. The van der Waals surface area contributed by atoms with E-state index in [-0.39, 0.29) is 0 Å². The molecule has 3 aliphatic rings. The van der Waals surface area contributed by atoms with Gasteiger partial charge in [-0.3, -0.25) is 4.90 Å².